The zero-order valence-corrected chi connectivity index (χ0v) is 10.4. The minimum Gasteiger partial charge on any atom is -0.394 e. The Hall–Kier alpha value is -1.69. The van der Waals surface area contributed by atoms with Gasteiger partial charge in [-0.25, -0.2) is 4.68 Å². The van der Waals surface area contributed by atoms with Crippen molar-refractivity contribution in [1.29, 1.82) is 0 Å². The van der Waals surface area contributed by atoms with Crippen molar-refractivity contribution < 1.29 is 9.90 Å². The zero-order chi connectivity index (χ0) is 13.2. The van der Waals surface area contributed by atoms with Crippen LogP contribution in [0.4, 0.5) is 0 Å². The van der Waals surface area contributed by atoms with Gasteiger partial charge in [0.2, 0.25) is 0 Å². The van der Waals surface area contributed by atoms with Gasteiger partial charge in [-0.1, -0.05) is 0 Å². The number of nitrogens with zero attached hydrogens (tertiary/aromatic N) is 2. The summed E-state index contributed by atoms with van der Waals surface area (Å²) in [6.45, 7) is 4.91. The van der Waals surface area contributed by atoms with Crippen molar-refractivity contribution in [3.8, 4) is 0 Å². The molecule has 1 rings (SSSR count). The summed E-state index contributed by atoms with van der Waals surface area (Å²) in [6, 6.07) is -0.389. The standard InChI is InChI=1S/C11H17N3O3/c1-6(5-15)12-10(16)9-7(2)8(3)13-14(4)11(9)17/h6,15H,5H2,1-4H3,(H,12,16)/t6-/m1/s1. The molecule has 1 heterocycles. The lowest BCUT2D eigenvalue weighted by atomic mass is 10.1. The molecule has 1 atom stereocenters. The van der Waals surface area contributed by atoms with Crippen molar-refractivity contribution in [3.63, 3.8) is 0 Å². The third-order valence-electron chi connectivity index (χ3n) is 2.60. The van der Waals surface area contributed by atoms with E-state index in [1.165, 1.54) is 7.05 Å². The highest BCUT2D eigenvalue weighted by Crippen LogP contribution is 2.05. The Morgan fingerprint density at radius 2 is 2.12 bits per heavy atom. The average Bonchev–Trinajstić information content (AvgIpc) is 2.26. The molecule has 0 saturated heterocycles. The smallest absolute Gasteiger partial charge is 0.279 e. The topological polar surface area (TPSA) is 84.2 Å². The number of nitrogens with one attached hydrogen (secondary N) is 1. The van der Waals surface area contributed by atoms with Gasteiger partial charge >= 0.3 is 0 Å². The van der Waals surface area contributed by atoms with Crippen LogP contribution in [0, 0.1) is 13.8 Å². The summed E-state index contributed by atoms with van der Waals surface area (Å²) in [5.41, 5.74) is 0.848. The molecule has 1 aromatic rings. The predicted molar refractivity (Wildman–Crippen MR) is 63.0 cm³/mol. The van der Waals surface area contributed by atoms with E-state index in [2.05, 4.69) is 10.4 Å². The van der Waals surface area contributed by atoms with E-state index >= 15 is 0 Å². The second-order valence-corrected chi connectivity index (χ2v) is 4.07. The van der Waals surface area contributed by atoms with Gasteiger partial charge in [0.1, 0.15) is 5.56 Å². The van der Waals surface area contributed by atoms with Gasteiger partial charge in [0.15, 0.2) is 0 Å². The first-order chi connectivity index (χ1) is 7.88. The Labute approximate surface area is 99.3 Å². The second kappa shape index (κ2) is 5.09. The van der Waals surface area contributed by atoms with Gasteiger partial charge in [-0.05, 0) is 26.3 Å². The van der Waals surface area contributed by atoms with Crippen molar-refractivity contribution in [2.45, 2.75) is 26.8 Å². The fourth-order valence-corrected chi connectivity index (χ4v) is 1.46. The summed E-state index contributed by atoms with van der Waals surface area (Å²) in [5, 5.41) is 15.4. The first kappa shape index (κ1) is 13.4. The molecule has 0 fully saturated rings. The predicted octanol–water partition coefficient (Wildman–Crippen LogP) is -0.492. The Bertz CT molecular complexity index is 493. The van der Waals surface area contributed by atoms with E-state index in [4.69, 9.17) is 5.11 Å². The molecular formula is C11H17N3O3. The summed E-state index contributed by atoms with van der Waals surface area (Å²) in [7, 11) is 1.50. The van der Waals surface area contributed by atoms with E-state index in [-0.39, 0.29) is 18.2 Å². The van der Waals surface area contributed by atoms with Gasteiger partial charge in [0, 0.05) is 13.1 Å². The number of amides is 1. The third kappa shape index (κ3) is 2.71. The van der Waals surface area contributed by atoms with Crippen molar-refractivity contribution in [2.24, 2.45) is 7.05 Å². The molecule has 2 N–H and O–H groups in total. The number of rotatable bonds is 3. The first-order valence-electron chi connectivity index (χ1n) is 5.34. The summed E-state index contributed by atoms with van der Waals surface area (Å²) in [6.07, 6.45) is 0. The number of carbonyl (C=O) groups excluding carboxylic acids is 1. The minimum atomic E-state index is -0.477. The first-order valence-corrected chi connectivity index (χ1v) is 5.34. The molecule has 94 valence electrons. The largest absolute Gasteiger partial charge is 0.394 e. The van der Waals surface area contributed by atoms with Gasteiger partial charge < -0.3 is 10.4 Å². The number of aryl methyl sites for hydroxylation is 2. The molecule has 1 aromatic heterocycles. The monoisotopic (exact) mass is 239 g/mol. The number of carbonyl (C=O) groups is 1. The molecule has 0 aromatic carbocycles. The van der Waals surface area contributed by atoms with E-state index in [1.54, 1.807) is 20.8 Å². The summed E-state index contributed by atoms with van der Waals surface area (Å²) < 4.78 is 1.14. The van der Waals surface area contributed by atoms with Gasteiger partial charge in [0.25, 0.3) is 11.5 Å². The van der Waals surface area contributed by atoms with E-state index in [9.17, 15) is 9.59 Å². The van der Waals surface area contributed by atoms with Gasteiger partial charge in [-0.15, -0.1) is 0 Å². The molecule has 17 heavy (non-hydrogen) atoms. The summed E-state index contributed by atoms with van der Waals surface area (Å²) in [4.78, 5) is 23.7. The van der Waals surface area contributed by atoms with Crippen LogP contribution >= 0.6 is 0 Å². The number of aromatic nitrogens is 2. The lowest BCUT2D eigenvalue weighted by Crippen LogP contribution is -2.40. The minimum absolute atomic E-state index is 0.0836. The quantitative estimate of drug-likeness (QED) is 0.745. The van der Waals surface area contributed by atoms with Crippen molar-refractivity contribution in [1.82, 2.24) is 15.1 Å². The highest BCUT2D eigenvalue weighted by molar-refractivity contribution is 5.95. The number of aliphatic hydroxyl groups excluding tert-OH is 1. The lowest BCUT2D eigenvalue weighted by molar-refractivity contribution is 0.0919. The maximum absolute atomic E-state index is 11.9. The Balaban J connectivity index is 3.22. The van der Waals surface area contributed by atoms with Crippen LogP contribution in [0.3, 0.4) is 0 Å². The highest BCUT2D eigenvalue weighted by atomic mass is 16.3. The van der Waals surface area contributed by atoms with Crippen molar-refractivity contribution in [3.05, 3.63) is 27.2 Å². The Morgan fingerprint density at radius 1 is 1.53 bits per heavy atom. The maximum Gasteiger partial charge on any atom is 0.279 e. The normalized spacial score (nSPS) is 12.3. The summed E-state index contributed by atoms with van der Waals surface area (Å²) in [5.74, 6) is -0.477. The molecule has 0 unspecified atom stereocenters. The van der Waals surface area contributed by atoms with E-state index in [0.29, 0.717) is 11.3 Å². The third-order valence-corrected chi connectivity index (χ3v) is 2.60. The van der Waals surface area contributed by atoms with E-state index < -0.39 is 11.5 Å². The Kier molecular flexibility index (Phi) is 4.01. The van der Waals surface area contributed by atoms with Crippen LogP contribution in [0.2, 0.25) is 0 Å². The highest BCUT2D eigenvalue weighted by Gasteiger charge is 2.18. The zero-order valence-electron chi connectivity index (χ0n) is 10.4. The van der Waals surface area contributed by atoms with Gasteiger partial charge in [-0.3, -0.25) is 9.59 Å². The van der Waals surface area contributed by atoms with Crippen molar-refractivity contribution in [2.75, 3.05) is 6.61 Å². The SMILES string of the molecule is Cc1nn(C)c(=O)c(C(=O)N[C@H](C)CO)c1C. The average molecular weight is 239 g/mol. The second-order valence-electron chi connectivity index (χ2n) is 4.07. The molecule has 6 heteroatoms. The Morgan fingerprint density at radius 3 is 2.65 bits per heavy atom. The molecule has 0 aliphatic rings. The van der Waals surface area contributed by atoms with Gasteiger partial charge in [0.05, 0.1) is 12.3 Å². The summed E-state index contributed by atoms with van der Waals surface area (Å²) >= 11 is 0. The molecule has 0 saturated carbocycles. The number of hydrogen-bond donors (Lipinski definition) is 2. The van der Waals surface area contributed by atoms with E-state index in [0.717, 1.165) is 4.68 Å². The van der Waals surface area contributed by atoms with Crippen LogP contribution in [-0.4, -0.2) is 33.4 Å². The van der Waals surface area contributed by atoms with Crippen LogP contribution in [-0.2, 0) is 7.05 Å². The fraction of sp³-hybridized carbons (Fsp3) is 0.545. The van der Waals surface area contributed by atoms with Crippen LogP contribution in [0.5, 0.6) is 0 Å². The maximum atomic E-state index is 11.9. The van der Waals surface area contributed by atoms with Crippen LogP contribution in [0.15, 0.2) is 4.79 Å². The van der Waals surface area contributed by atoms with Crippen LogP contribution < -0.4 is 10.9 Å². The molecule has 0 bridgehead atoms. The molecule has 0 radical (unpaired) electrons. The van der Waals surface area contributed by atoms with Gasteiger partial charge in [-0.2, -0.15) is 5.10 Å². The number of hydrogen-bond acceptors (Lipinski definition) is 4. The molecular weight excluding hydrogens is 222 g/mol. The lowest BCUT2D eigenvalue weighted by Gasteiger charge is -2.13. The van der Waals surface area contributed by atoms with Crippen LogP contribution in [0.1, 0.15) is 28.5 Å². The van der Waals surface area contributed by atoms with E-state index in [1.807, 2.05) is 0 Å². The fourth-order valence-electron chi connectivity index (χ4n) is 1.46. The molecule has 0 aliphatic heterocycles. The molecule has 0 spiro atoms. The molecule has 1 amide bonds. The van der Waals surface area contributed by atoms with Crippen LogP contribution in [0.25, 0.3) is 0 Å². The molecule has 6 nitrogen and oxygen atoms in total. The molecule has 0 aliphatic carbocycles. The van der Waals surface area contributed by atoms with Crippen molar-refractivity contribution >= 4 is 5.91 Å². The number of aliphatic hydroxyl groups is 1.